The number of carboxylic acids is 1. The Labute approximate surface area is 413 Å². The third kappa shape index (κ3) is 14.2. The molecule has 0 spiro atoms. The van der Waals surface area contributed by atoms with Crippen molar-refractivity contribution in [3.8, 4) is 23.0 Å². The van der Waals surface area contributed by atoms with Crippen molar-refractivity contribution in [2.24, 2.45) is 0 Å². The van der Waals surface area contributed by atoms with Crippen molar-refractivity contribution in [3.05, 3.63) is 152 Å². The van der Waals surface area contributed by atoms with Gasteiger partial charge in [0.25, 0.3) is 0 Å². The van der Waals surface area contributed by atoms with Gasteiger partial charge in [0.15, 0.2) is 11.4 Å². The first-order chi connectivity index (χ1) is 32.4. The minimum absolute atomic E-state index is 0.106. The average Bonchev–Trinajstić information content (AvgIpc) is 4.00. The fourth-order valence-electron chi connectivity index (χ4n) is 7.23. The first-order valence-corrected chi connectivity index (χ1v) is 23.0. The van der Waals surface area contributed by atoms with Gasteiger partial charge in [-0.05, 0) is 129 Å². The topological polar surface area (TPSA) is 165 Å². The summed E-state index contributed by atoms with van der Waals surface area (Å²) >= 11 is 24.5. The Balaban J connectivity index is 0.000000203. The number of aromatic carboxylic acids is 1. The van der Waals surface area contributed by atoms with E-state index in [1.807, 2.05) is 24.3 Å². The number of halogens is 4. The maximum absolute atomic E-state index is 12.9. The predicted octanol–water partition coefficient (Wildman–Crippen LogP) is 10.2. The van der Waals surface area contributed by atoms with Crippen LogP contribution in [0.25, 0.3) is 0 Å². The zero-order valence-corrected chi connectivity index (χ0v) is 40.4. The maximum atomic E-state index is 12.9. The van der Waals surface area contributed by atoms with E-state index in [0.29, 0.717) is 109 Å². The Kier molecular flexibility index (Phi) is 16.3. The van der Waals surface area contributed by atoms with Crippen molar-refractivity contribution in [1.29, 1.82) is 0 Å². The third-order valence-corrected chi connectivity index (χ3v) is 11.4. The van der Waals surface area contributed by atoms with E-state index in [4.69, 9.17) is 65.7 Å². The molecule has 0 atom stereocenters. The number of rotatable bonds is 10. The molecule has 68 heavy (non-hydrogen) atoms. The summed E-state index contributed by atoms with van der Waals surface area (Å²) in [5.41, 5.74) is 1.33. The number of carbonyl (C=O) groups excluding carboxylic acids is 3. The van der Waals surface area contributed by atoms with Crippen LogP contribution in [0.2, 0.25) is 20.1 Å². The summed E-state index contributed by atoms with van der Waals surface area (Å²) in [6, 6.07) is 27.7. The molecule has 4 heterocycles. The molecule has 2 fully saturated rings. The van der Waals surface area contributed by atoms with E-state index in [1.165, 1.54) is 29.2 Å². The Hall–Kier alpha value is -6.14. The lowest BCUT2D eigenvalue weighted by molar-refractivity contribution is 0.00620. The van der Waals surface area contributed by atoms with E-state index in [0.717, 1.165) is 15.8 Å². The number of amides is 2. The minimum Gasteiger partial charge on any atom is -0.476 e. The van der Waals surface area contributed by atoms with Gasteiger partial charge < -0.3 is 29.1 Å². The highest BCUT2D eigenvalue weighted by molar-refractivity contribution is 6.31. The zero-order chi connectivity index (χ0) is 48.5. The molecule has 2 amide bonds. The molecule has 4 aromatic carbocycles. The second-order valence-corrected chi connectivity index (χ2v) is 18.6. The number of nitrogens with zero attached hydrogens (tertiary/aromatic N) is 8. The Morgan fingerprint density at radius 1 is 0.529 bits per heavy atom. The zero-order valence-electron chi connectivity index (χ0n) is 37.4. The van der Waals surface area contributed by atoms with E-state index in [1.54, 1.807) is 91.2 Å². The van der Waals surface area contributed by atoms with Gasteiger partial charge in [-0.25, -0.2) is 19.2 Å². The van der Waals surface area contributed by atoms with E-state index in [2.05, 4.69) is 20.0 Å². The van der Waals surface area contributed by atoms with Gasteiger partial charge >= 0.3 is 24.0 Å². The molecule has 8 rings (SSSR count). The molecular formula is C48H48Cl4N8O8. The standard InChI is InChI=1S/C26H28Cl2N4O4.C22H20Cl2N4O4/c1-26(2,3)36-24(33)23-8-9-32(29-23)25(34)31-12-10-30(11-13-31)17-18-14-20(28)16-22(15-18)35-21-6-4-19(27)5-7-21;23-16-1-3-18(4-2-16)32-19-12-15(11-17(24)13-19)14-26-7-9-27(10-8-26)22(31)28-6-5-20(25-28)21(29)30/h4-9,14-16H,10-13,17H2,1-3H3;1-6,11-13H,7-10,14H2,(H,29,30). The van der Waals surface area contributed by atoms with Crippen LogP contribution in [-0.4, -0.2) is 126 Å². The van der Waals surface area contributed by atoms with Crippen LogP contribution in [0.5, 0.6) is 23.0 Å². The molecule has 0 radical (unpaired) electrons. The van der Waals surface area contributed by atoms with Crippen molar-refractivity contribution in [2.45, 2.75) is 39.5 Å². The number of hydrogen-bond acceptors (Lipinski definition) is 11. The van der Waals surface area contributed by atoms with Crippen molar-refractivity contribution in [3.63, 3.8) is 0 Å². The number of esters is 1. The van der Waals surface area contributed by atoms with E-state index in [-0.39, 0.29) is 23.5 Å². The Morgan fingerprint density at radius 3 is 1.31 bits per heavy atom. The first-order valence-electron chi connectivity index (χ1n) is 21.5. The molecule has 0 bridgehead atoms. The van der Waals surface area contributed by atoms with Crippen molar-refractivity contribution >= 4 is 70.4 Å². The molecule has 1 N–H and O–H groups in total. The lowest BCUT2D eigenvalue weighted by Crippen LogP contribution is -2.49. The lowest BCUT2D eigenvalue weighted by atomic mass is 10.2. The van der Waals surface area contributed by atoms with Crippen LogP contribution in [-0.2, 0) is 17.8 Å². The quantitative estimate of drug-likeness (QED) is 0.129. The van der Waals surface area contributed by atoms with E-state index in [9.17, 15) is 19.2 Å². The summed E-state index contributed by atoms with van der Waals surface area (Å²) in [5, 5.41) is 19.3. The highest BCUT2D eigenvalue weighted by Gasteiger charge is 2.27. The molecule has 2 aliphatic heterocycles. The molecule has 2 aliphatic rings. The predicted molar refractivity (Wildman–Crippen MR) is 258 cm³/mol. The normalized spacial score (nSPS) is 14.5. The van der Waals surface area contributed by atoms with Crippen LogP contribution in [0.15, 0.2) is 109 Å². The second-order valence-electron chi connectivity index (χ2n) is 16.9. The number of piperazine rings is 2. The van der Waals surface area contributed by atoms with Crippen molar-refractivity contribution in [2.75, 3.05) is 52.4 Å². The monoisotopic (exact) mass is 1000 g/mol. The van der Waals surface area contributed by atoms with Crippen LogP contribution in [0.1, 0.15) is 52.9 Å². The van der Waals surface area contributed by atoms with E-state index < -0.39 is 17.5 Å². The van der Waals surface area contributed by atoms with Gasteiger partial charge in [-0.15, -0.1) is 0 Å². The molecular weight excluding hydrogens is 958 g/mol. The van der Waals surface area contributed by atoms with Gasteiger partial charge in [0.05, 0.1) is 0 Å². The van der Waals surface area contributed by atoms with Gasteiger partial charge in [-0.3, -0.25) is 9.80 Å². The fourth-order valence-corrected chi connectivity index (χ4v) is 7.98. The van der Waals surface area contributed by atoms with Gasteiger partial charge in [0, 0.05) is 97.9 Å². The molecule has 0 aliphatic carbocycles. The van der Waals surface area contributed by atoms with Gasteiger partial charge in [0.1, 0.15) is 28.6 Å². The molecule has 20 heteroatoms. The van der Waals surface area contributed by atoms with Crippen LogP contribution in [0, 0.1) is 0 Å². The highest BCUT2D eigenvalue weighted by atomic mass is 35.5. The molecule has 356 valence electrons. The third-order valence-electron chi connectivity index (χ3n) is 10.5. The van der Waals surface area contributed by atoms with Crippen LogP contribution >= 0.6 is 46.4 Å². The Bertz CT molecular complexity index is 2730. The molecule has 2 saturated heterocycles. The maximum Gasteiger partial charge on any atom is 0.359 e. The lowest BCUT2D eigenvalue weighted by Gasteiger charge is -2.34. The smallest absolute Gasteiger partial charge is 0.359 e. The summed E-state index contributed by atoms with van der Waals surface area (Å²) in [7, 11) is 0. The highest BCUT2D eigenvalue weighted by Crippen LogP contribution is 2.30. The first kappa shape index (κ1) is 49.8. The largest absolute Gasteiger partial charge is 0.476 e. The number of ether oxygens (including phenoxy) is 3. The summed E-state index contributed by atoms with van der Waals surface area (Å²) < 4.78 is 19.4. The SMILES string of the molecule is CC(C)(C)OC(=O)c1ccn(C(=O)N2CCN(Cc3cc(Cl)cc(Oc4ccc(Cl)cc4)c3)CC2)n1.O=C(O)c1ccn(C(=O)N2CCN(Cc3cc(Cl)cc(Oc4ccc(Cl)cc4)c3)CC2)n1. The van der Waals surface area contributed by atoms with Crippen molar-refractivity contribution < 1.29 is 38.5 Å². The average molecular weight is 1010 g/mol. The number of benzene rings is 4. The van der Waals surface area contributed by atoms with Gasteiger partial charge in [-0.1, -0.05) is 46.4 Å². The van der Waals surface area contributed by atoms with Crippen LogP contribution < -0.4 is 9.47 Å². The molecule has 0 saturated carbocycles. The Morgan fingerprint density at radius 2 is 0.926 bits per heavy atom. The molecule has 0 unspecified atom stereocenters. The molecule has 6 aromatic rings. The number of carboxylic acid groups (broad SMARTS) is 1. The van der Waals surface area contributed by atoms with Gasteiger partial charge in [-0.2, -0.15) is 19.6 Å². The van der Waals surface area contributed by atoms with Crippen LogP contribution in [0.3, 0.4) is 0 Å². The number of aromatic nitrogens is 4. The van der Waals surface area contributed by atoms with Gasteiger partial charge in [0.2, 0.25) is 0 Å². The number of carbonyl (C=O) groups is 4. The van der Waals surface area contributed by atoms with Crippen molar-refractivity contribution in [1.82, 2.24) is 39.2 Å². The summed E-state index contributed by atoms with van der Waals surface area (Å²) in [6.45, 7) is 11.5. The summed E-state index contributed by atoms with van der Waals surface area (Å²) in [5.74, 6) is 0.902. The molecule has 2 aromatic heterocycles. The summed E-state index contributed by atoms with van der Waals surface area (Å²) in [4.78, 5) is 56.4. The van der Waals surface area contributed by atoms with E-state index >= 15 is 0 Å². The fraction of sp³-hybridized carbons (Fsp3) is 0.292. The molecule has 16 nitrogen and oxygen atoms in total. The number of hydrogen-bond donors (Lipinski definition) is 1. The second kappa shape index (κ2) is 22.3. The minimum atomic E-state index is -1.16. The van der Waals surface area contributed by atoms with Crippen LogP contribution in [0.4, 0.5) is 9.59 Å². The summed E-state index contributed by atoms with van der Waals surface area (Å²) in [6.07, 6.45) is 2.86.